The molecule has 0 aliphatic heterocycles. The molecule has 138 valence electrons. The van der Waals surface area contributed by atoms with Crippen molar-refractivity contribution in [1.29, 1.82) is 0 Å². The first-order valence-electron chi connectivity index (χ1n) is 7.40. The molecule has 0 radical (unpaired) electrons. The lowest BCUT2D eigenvalue weighted by Gasteiger charge is -2.15. The SMILES string of the molecule is COCC(C)NC(N)=NCCc1ccc(OC)c(OC)c1OC.I. The number of ether oxygens (including phenoxy) is 4. The van der Waals surface area contributed by atoms with Crippen LogP contribution in [0.3, 0.4) is 0 Å². The van der Waals surface area contributed by atoms with Crippen LogP contribution in [0.5, 0.6) is 17.2 Å². The zero-order valence-corrected chi connectivity index (χ0v) is 17.2. The van der Waals surface area contributed by atoms with Gasteiger partial charge in [0.15, 0.2) is 17.5 Å². The summed E-state index contributed by atoms with van der Waals surface area (Å²) < 4.78 is 21.1. The summed E-state index contributed by atoms with van der Waals surface area (Å²) in [4.78, 5) is 4.32. The fourth-order valence-electron chi connectivity index (χ4n) is 2.25. The Balaban J connectivity index is 0.00000529. The number of nitrogens with two attached hydrogens (primary N) is 1. The first kappa shape index (κ1) is 22.6. The molecule has 1 aromatic carbocycles. The van der Waals surface area contributed by atoms with E-state index in [-0.39, 0.29) is 30.0 Å². The minimum absolute atomic E-state index is 0. The Kier molecular flexibility index (Phi) is 11.3. The van der Waals surface area contributed by atoms with Gasteiger partial charge in [0.05, 0.1) is 27.9 Å². The molecular formula is C16H28IN3O4. The lowest BCUT2D eigenvalue weighted by atomic mass is 10.1. The summed E-state index contributed by atoms with van der Waals surface area (Å²) in [7, 11) is 6.43. The Hall–Kier alpha value is -1.42. The summed E-state index contributed by atoms with van der Waals surface area (Å²) in [6.07, 6.45) is 0.671. The topological polar surface area (TPSA) is 87.3 Å². The molecule has 0 fully saturated rings. The summed E-state index contributed by atoms with van der Waals surface area (Å²) in [5, 5.41) is 3.06. The van der Waals surface area contributed by atoms with E-state index >= 15 is 0 Å². The molecule has 1 unspecified atom stereocenters. The molecular weight excluding hydrogens is 425 g/mol. The van der Waals surface area contributed by atoms with Crippen LogP contribution in [0.1, 0.15) is 12.5 Å². The van der Waals surface area contributed by atoms with Crippen LogP contribution in [0.4, 0.5) is 0 Å². The predicted molar refractivity (Wildman–Crippen MR) is 106 cm³/mol. The highest BCUT2D eigenvalue weighted by atomic mass is 127. The summed E-state index contributed by atoms with van der Waals surface area (Å²) >= 11 is 0. The third kappa shape index (κ3) is 6.60. The van der Waals surface area contributed by atoms with Gasteiger partial charge in [-0.15, -0.1) is 24.0 Å². The summed E-state index contributed by atoms with van der Waals surface area (Å²) in [6, 6.07) is 3.90. The van der Waals surface area contributed by atoms with Crippen LogP contribution in [-0.4, -0.2) is 53.6 Å². The summed E-state index contributed by atoms with van der Waals surface area (Å²) in [5.41, 5.74) is 6.83. The van der Waals surface area contributed by atoms with Crippen molar-refractivity contribution in [2.75, 3.05) is 41.6 Å². The van der Waals surface area contributed by atoms with E-state index in [4.69, 9.17) is 24.7 Å². The molecule has 0 saturated carbocycles. The van der Waals surface area contributed by atoms with Gasteiger partial charge in [0.1, 0.15) is 0 Å². The lowest BCUT2D eigenvalue weighted by Crippen LogP contribution is -2.40. The van der Waals surface area contributed by atoms with Gasteiger partial charge < -0.3 is 30.0 Å². The predicted octanol–water partition coefficient (Wildman–Crippen LogP) is 1.81. The number of nitrogens with zero attached hydrogens (tertiary/aromatic N) is 1. The molecule has 1 rings (SSSR count). The van der Waals surface area contributed by atoms with Crippen molar-refractivity contribution in [2.24, 2.45) is 10.7 Å². The van der Waals surface area contributed by atoms with Crippen LogP contribution in [-0.2, 0) is 11.2 Å². The lowest BCUT2D eigenvalue weighted by molar-refractivity contribution is 0.179. The van der Waals surface area contributed by atoms with Gasteiger partial charge in [-0.3, -0.25) is 4.99 Å². The number of guanidine groups is 1. The smallest absolute Gasteiger partial charge is 0.203 e. The molecule has 0 aromatic heterocycles. The zero-order chi connectivity index (χ0) is 17.2. The van der Waals surface area contributed by atoms with Gasteiger partial charge in [-0.2, -0.15) is 0 Å². The third-order valence-corrected chi connectivity index (χ3v) is 3.26. The average molecular weight is 453 g/mol. The molecule has 1 atom stereocenters. The van der Waals surface area contributed by atoms with E-state index in [1.807, 2.05) is 19.1 Å². The first-order valence-corrected chi connectivity index (χ1v) is 7.40. The maximum Gasteiger partial charge on any atom is 0.203 e. The molecule has 1 aromatic rings. The van der Waals surface area contributed by atoms with Crippen LogP contribution in [0.2, 0.25) is 0 Å². The molecule has 0 aliphatic rings. The molecule has 0 aliphatic carbocycles. The molecule has 0 spiro atoms. The molecule has 0 amide bonds. The monoisotopic (exact) mass is 453 g/mol. The number of aliphatic imine (C=N–C) groups is 1. The number of hydrogen-bond acceptors (Lipinski definition) is 5. The number of hydrogen-bond donors (Lipinski definition) is 2. The highest BCUT2D eigenvalue weighted by Crippen LogP contribution is 2.39. The van der Waals surface area contributed by atoms with Crippen LogP contribution in [0, 0.1) is 0 Å². The number of nitrogens with one attached hydrogen (secondary N) is 1. The molecule has 24 heavy (non-hydrogen) atoms. The van der Waals surface area contributed by atoms with Crippen molar-refractivity contribution in [1.82, 2.24) is 5.32 Å². The van der Waals surface area contributed by atoms with Gasteiger partial charge in [-0.05, 0) is 19.4 Å². The minimum atomic E-state index is 0. The van der Waals surface area contributed by atoms with Crippen molar-refractivity contribution in [3.05, 3.63) is 17.7 Å². The van der Waals surface area contributed by atoms with E-state index in [2.05, 4.69) is 10.3 Å². The third-order valence-electron chi connectivity index (χ3n) is 3.26. The number of benzene rings is 1. The average Bonchev–Trinajstić information content (AvgIpc) is 2.54. The van der Waals surface area contributed by atoms with Crippen LogP contribution in [0.15, 0.2) is 17.1 Å². The van der Waals surface area contributed by atoms with Gasteiger partial charge in [0.25, 0.3) is 0 Å². The molecule has 0 bridgehead atoms. The van der Waals surface area contributed by atoms with E-state index in [0.717, 1.165) is 5.56 Å². The molecule has 0 saturated heterocycles. The number of rotatable bonds is 9. The van der Waals surface area contributed by atoms with Crippen molar-refractivity contribution in [3.8, 4) is 17.2 Å². The van der Waals surface area contributed by atoms with E-state index in [0.29, 0.717) is 42.8 Å². The molecule has 7 nitrogen and oxygen atoms in total. The van der Waals surface area contributed by atoms with E-state index in [1.54, 1.807) is 28.4 Å². The maximum atomic E-state index is 5.85. The van der Waals surface area contributed by atoms with Crippen LogP contribution >= 0.6 is 24.0 Å². The fourth-order valence-corrected chi connectivity index (χ4v) is 2.25. The number of methoxy groups -OCH3 is 4. The number of halogens is 1. The summed E-state index contributed by atoms with van der Waals surface area (Å²) in [6.45, 7) is 3.08. The fraction of sp³-hybridized carbons (Fsp3) is 0.562. The van der Waals surface area contributed by atoms with Crippen LogP contribution < -0.4 is 25.3 Å². The van der Waals surface area contributed by atoms with Crippen molar-refractivity contribution >= 4 is 29.9 Å². The molecule has 0 heterocycles. The van der Waals surface area contributed by atoms with Gasteiger partial charge in [0.2, 0.25) is 5.75 Å². The molecule has 3 N–H and O–H groups in total. The van der Waals surface area contributed by atoms with E-state index in [1.165, 1.54) is 0 Å². The Morgan fingerprint density at radius 2 is 1.79 bits per heavy atom. The Morgan fingerprint density at radius 3 is 2.33 bits per heavy atom. The van der Waals surface area contributed by atoms with Crippen molar-refractivity contribution < 1.29 is 18.9 Å². The quantitative estimate of drug-likeness (QED) is 0.337. The first-order chi connectivity index (χ1) is 11.1. The Labute approximate surface area is 160 Å². The highest BCUT2D eigenvalue weighted by molar-refractivity contribution is 14.0. The van der Waals surface area contributed by atoms with E-state index < -0.39 is 0 Å². The molecule has 8 heteroatoms. The highest BCUT2D eigenvalue weighted by Gasteiger charge is 2.15. The van der Waals surface area contributed by atoms with Gasteiger partial charge in [0, 0.05) is 25.3 Å². The Morgan fingerprint density at radius 1 is 1.12 bits per heavy atom. The second-order valence-corrected chi connectivity index (χ2v) is 5.01. The zero-order valence-electron chi connectivity index (χ0n) is 14.9. The minimum Gasteiger partial charge on any atom is -0.493 e. The van der Waals surface area contributed by atoms with Gasteiger partial charge in [-0.1, -0.05) is 6.07 Å². The van der Waals surface area contributed by atoms with Gasteiger partial charge in [-0.25, -0.2) is 0 Å². The maximum absolute atomic E-state index is 5.85. The Bertz CT molecular complexity index is 526. The van der Waals surface area contributed by atoms with Crippen molar-refractivity contribution in [3.63, 3.8) is 0 Å². The normalized spacial score (nSPS) is 12.1. The largest absolute Gasteiger partial charge is 0.493 e. The second kappa shape index (κ2) is 12.0. The second-order valence-electron chi connectivity index (χ2n) is 5.01. The standard InChI is InChI=1S/C16H27N3O4.HI/c1-11(10-20-2)19-16(17)18-9-8-12-6-7-13(21-3)15(23-5)14(12)22-4;/h6-7,11H,8-10H2,1-5H3,(H3,17,18,19);1H. The van der Waals surface area contributed by atoms with Crippen molar-refractivity contribution in [2.45, 2.75) is 19.4 Å². The summed E-state index contributed by atoms with van der Waals surface area (Å²) in [5.74, 6) is 2.26. The van der Waals surface area contributed by atoms with E-state index in [9.17, 15) is 0 Å². The van der Waals surface area contributed by atoms with Crippen LogP contribution in [0.25, 0.3) is 0 Å². The van der Waals surface area contributed by atoms with Gasteiger partial charge >= 0.3 is 0 Å².